The second-order valence-electron chi connectivity index (χ2n) is 7.39. The molecule has 0 N–H and O–H groups in total. The molecule has 2 aromatic carbocycles. The Morgan fingerprint density at radius 3 is 2.67 bits per heavy atom. The van der Waals surface area contributed by atoms with E-state index in [4.69, 9.17) is 11.6 Å². The Balaban J connectivity index is 1.42. The molecule has 2 heterocycles. The Morgan fingerprint density at radius 1 is 1.20 bits per heavy atom. The van der Waals surface area contributed by atoms with Gasteiger partial charge < -0.3 is 4.90 Å². The molecule has 0 spiro atoms. The minimum Gasteiger partial charge on any atom is -0.341 e. The normalized spacial score (nSPS) is 16.1. The van der Waals surface area contributed by atoms with Crippen molar-refractivity contribution in [2.24, 2.45) is 5.92 Å². The van der Waals surface area contributed by atoms with Crippen molar-refractivity contribution in [1.29, 1.82) is 0 Å². The molecule has 0 atom stereocenters. The molecular weight excluding hydrogens is 444 g/mol. The molecule has 10 heteroatoms. The average Bonchev–Trinajstić information content (AvgIpc) is 3.22. The first-order valence-electron chi connectivity index (χ1n) is 9.57. The molecule has 158 valence electrons. The van der Waals surface area contributed by atoms with E-state index in [1.165, 1.54) is 4.31 Å². The van der Waals surface area contributed by atoms with Gasteiger partial charge in [0, 0.05) is 37.6 Å². The van der Waals surface area contributed by atoms with Gasteiger partial charge in [-0.1, -0.05) is 29.8 Å². The summed E-state index contributed by atoms with van der Waals surface area (Å²) in [6.07, 6.45) is 0.979. The van der Waals surface area contributed by atoms with Gasteiger partial charge in [-0.2, -0.15) is 13.1 Å². The van der Waals surface area contributed by atoms with Gasteiger partial charge in [-0.05, 0) is 42.7 Å². The number of amides is 1. The lowest BCUT2D eigenvalue weighted by Crippen LogP contribution is -2.43. The maximum absolute atomic E-state index is 13.1. The van der Waals surface area contributed by atoms with Gasteiger partial charge in [0.1, 0.15) is 15.9 Å². The highest BCUT2D eigenvalue weighted by Gasteiger charge is 2.34. The van der Waals surface area contributed by atoms with Gasteiger partial charge in [-0.3, -0.25) is 4.79 Å². The Kier molecular flexibility index (Phi) is 6.06. The zero-order valence-electron chi connectivity index (χ0n) is 16.4. The summed E-state index contributed by atoms with van der Waals surface area (Å²) in [6, 6.07) is 12.4. The molecule has 4 rings (SSSR count). The monoisotopic (exact) mass is 464 g/mol. The largest absolute Gasteiger partial charge is 0.341 e. The number of carbonyl (C=O) groups excluding carboxylic acids is 1. The van der Waals surface area contributed by atoms with Gasteiger partial charge in [-0.25, -0.2) is 8.42 Å². The molecule has 3 aromatic rings. The lowest BCUT2D eigenvalue weighted by molar-refractivity contribution is -0.135. The molecule has 0 saturated carbocycles. The van der Waals surface area contributed by atoms with E-state index in [9.17, 15) is 13.2 Å². The van der Waals surface area contributed by atoms with E-state index in [0.29, 0.717) is 48.5 Å². The third kappa shape index (κ3) is 4.20. The molecule has 7 nitrogen and oxygen atoms in total. The summed E-state index contributed by atoms with van der Waals surface area (Å²) in [5.74, 6) is -0.171. The molecule has 0 aliphatic carbocycles. The number of piperidine rings is 1. The molecule has 1 amide bonds. The van der Waals surface area contributed by atoms with Crippen molar-refractivity contribution in [3.05, 3.63) is 53.1 Å². The summed E-state index contributed by atoms with van der Waals surface area (Å²) in [5.41, 5.74) is 1.94. The van der Waals surface area contributed by atoms with Gasteiger partial charge >= 0.3 is 0 Å². The van der Waals surface area contributed by atoms with Crippen LogP contribution in [-0.2, 0) is 21.4 Å². The molecule has 0 bridgehead atoms. The molecular formula is C20H21ClN4O3S2. The van der Waals surface area contributed by atoms with Crippen molar-refractivity contribution < 1.29 is 13.2 Å². The van der Waals surface area contributed by atoms with E-state index in [1.807, 2.05) is 18.2 Å². The van der Waals surface area contributed by atoms with Crippen molar-refractivity contribution >= 4 is 50.3 Å². The summed E-state index contributed by atoms with van der Waals surface area (Å²) in [4.78, 5) is 14.7. The summed E-state index contributed by atoms with van der Waals surface area (Å²) in [6.45, 7) is 1.08. The number of sulfonamides is 1. The van der Waals surface area contributed by atoms with Crippen molar-refractivity contribution in [3.8, 4) is 0 Å². The first kappa shape index (κ1) is 21.2. The number of aromatic nitrogens is 2. The highest BCUT2D eigenvalue weighted by Crippen LogP contribution is 2.28. The van der Waals surface area contributed by atoms with Crippen molar-refractivity contribution in [2.45, 2.75) is 24.3 Å². The fourth-order valence-electron chi connectivity index (χ4n) is 3.77. The first-order valence-corrected chi connectivity index (χ1v) is 12.1. The van der Waals surface area contributed by atoms with Crippen LogP contribution in [0.5, 0.6) is 0 Å². The number of hydrogen-bond donors (Lipinski definition) is 0. The van der Waals surface area contributed by atoms with Crippen LogP contribution in [0.2, 0.25) is 5.02 Å². The van der Waals surface area contributed by atoms with Crippen molar-refractivity contribution in [3.63, 3.8) is 0 Å². The fraction of sp³-hybridized carbons (Fsp3) is 0.350. The second kappa shape index (κ2) is 8.58. The molecule has 1 aliphatic heterocycles. The topological polar surface area (TPSA) is 83.5 Å². The van der Waals surface area contributed by atoms with Gasteiger partial charge in [0.25, 0.3) is 0 Å². The number of benzene rings is 2. The van der Waals surface area contributed by atoms with Gasteiger partial charge in [0.05, 0.1) is 11.7 Å². The summed E-state index contributed by atoms with van der Waals surface area (Å²) in [7, 11) is -1.92. The van der Waals surface area contributed by atoms with E-state index in [1.54, 1.807) is 36.2 Å². The van der Waals surface area contributed by atoms with E-state index in [2.05, 4.69) is 8.75 Å². The Hall–Kier alpha value is -2.07. The predicted octanol–water partition coefficient (Wildman–Crippen LogP) is 3.40. The quantitative estimate of drug-likeness (QED) is 0.577. The van der Waals surface area contributed by atoms with Crippen molar-refractivity contribution in [1.82, 2.24) is 18.0 Å². The van der Waals surface area contributed by atoms with Gasteiger partial charge in [-0.15, -0.1) is 0 Å². The maximum Gasteiger partial charge on any atom is 0.245 e. The highest BCUT2D eigenvalue weighted by molar-refractivity contribution is 7.89. The third-order valence-electron chi connectivity index (χ3n) is 5.35. The number of carbonyl (C=O) groups is 1. The minimum atomic E-state index is -3.68. The first-order chi connectivity index (χ1) is 14.4. The summed E-state index contributed by atoms with van der Waals surface area (Å²) < 4.78 is 36.0. The molecule has 0 radical (unpaired) electrons. The number of halogens is 1. The van der Waals surface area contributed by atoms with Crippen LogP contribution in [0.25, 0.3) is 11.0 Å². The van der Waals surface area contributed by atoms with Gasteiger partial charge in [0.2, 0.25) is 15.9 Å². The molecule has 0 unspecified atom stereocenters. The lowest BCUT2D eigenvalue weighted by atomic mass is 9.96. The van der Waals surface area contributed by atoms with E-state index in [0.717, 1.165) is 17.3 Å². The highest BCUT2D eigenvalue weighted by atomic mass is 35.5. The average molecular weight is 465 g/mol. The predicted molar refractivity (Wildman–Crippen MR) is 117 cm³/mol. The van der Waals surface area contributed by atoms with Crippen LogP contribution in [-0.4, -0.2) is 52.4 Å². The Bertz CT molecular complexity index is 1170. The molecule has 30 heavy (non-hydrogen) atoms. The smallest absolute Gasteiger partial charge is 0.245 e. The Labute approximate surface area is 184 Å². The number of nitrogens with zero attached hydrogens (tertiary/aromatic N) is 4. The van der Waals surface area contributed by atoms with Crippen molar-refractivity contribution in [2.75, 3.05) is 20.1 Å². The standard InChI is InChI=1S/C20H21ClN4O3S2/c1-24(13-14-4-2-5-16(21)12-14)20(26)15-8-10-25(11-9-15)30(27,28)18-7-3-6-17-19(18)23-29-22-17/h2-7,12,15H,8-11,13H2,1H3. The lowest BCUT2D eigenvalue weighted by Gasteiger charge is -2.32. The molecule has 1 aromatic heterocycles. The molecule has 1 fully saturated rings. The van der Waals surface area contributed by atoms with Crippen LogP contribution >= 0.6 is 23.3 Å². The number of rotatable bonds is 5. The Morgan fingerprint density at radius 2 is 1.93 bits per heavy atom. The van der Waals surface area contributed by atoms with Crippen LogP contribution < -0.4 is 0 Å². The molecule has 1 aliphatic rings. The zero-order valence-corrected chi connectivity index (χ0v) is 18.8. The SMILES string of the molecule is CN(Cc1cccc(Cl)c1)C(=O)C1CCN(S(=O)(=O)c2cccc3nsnc23)CC1. The number of hydrogen-bond acceptors (Lipinski definition) is 6. The molecule has 1 saturated heterocycles. The van der Waals surface area contributed by atoms with E-state index >= 15 is 0 Å². The third-order valence-corrected chi connectivity index (χ3v) is 8.06. The minimum absolute atomic E-state index is 0.0258. The number of fused-ring (bicyclic) bond motifs is 1. The van der Waals surface area contributed by atoms with Crippen LogP contribution in [0, 0.1) is 5.92 Å². The summed E-state index contributed by atoms with van der Waals surface area (Å²) in [5, 5.41) is 0.636. The van der Waals surface area contributed by atoms with Crippen LogP contribution in [0.4, 0.5) is 0 Å². The van der Waals surface area contributed by atoms with Crippen LogP contribution in [0.3, 0.4) is 0 Å². The van der Waals surface area contributed by atoms with E-state index in [-0.39, 0.29) is 16.7 Å². The van der Waals surface area contributed by atoms with E-state index < -0.39 is 10.0 Å². The maximum atomic E-state index is 13.1. The van der Waals surface area contributed by atoms with Crippen LogP contribution in [0.15, 0.2) is 47.4 Å². The summed E-state index contributed by atoms with van der Waals surface area (Å²) >= 11 is 7.02. The second-order valence-corrected chi connectivity index (χ2v) is 10.3. The zero-order chi connectivity index (χ0) is 21.3. The fourth-order valence-corrected chi connectivity index (χ4v) is 6.21. The van der Waals surface area contributed by atoms with Gasteiger partial charge in [0.15, 0.2) is 0 Å². The van der Waals surface area contributed by atoms with Crippen LogP contribution in [0.1, 0.15) is 18.4 Å².